The summed E-state index contributed by atoms with van der Waals surface area (Å²) < 4.78 is 83.0. The second-order valence-electron chi connectivity index (χ2n) is 10.4. The van der Waals surface area contributed by atoms with Crippen molar-refractivity contribution in [1.82, 2.24) is 10.2 Å². The van der Waals surface area contributed by atoms with Gasteiger partial charge in [0.2, 0.25) is 11.8 Å². The predicted molar refractivity (Wildman–Crippen MR) is 156 cm³/mol. The van der Waals surface area contributed by atoms with E-state index in [1.165, 1.54) is 55.5 Å². The number of sulfonamides is 1. The van der Waals surface area contributed by atoms with E-state index in [4.69, 9.17) is 11.6 Å². The van der Waals surface area contributed by atoms with Gasteiger partial charge in [-0.15, -0.1) is 0 Å². The first kappa shape index (κ1) is 33.9. The Hall–Kier alpha value is -3.64. The molecule has 0 aliphatic heterocycles. The molecule has 0 saturated heterocycles. The van der Waals surface area contributed by atoms with Crippen LogP contribution in [0.4, 0.5) is 23.2 Å². The Labute approximate surface area is 253 Å². The molecule has 1 atom stereocenters. The van der Waals surface area contributed by atoms with E-state index in [0.717, 1.165) is 22.6 Å². The number of alkyl halides is 3. The molecule has 0 bridgehead atoms. The molecule has 2 amide bonds. The van der Waals surface area contributed by atoms with Crippen LogP contribution >= 0.6 is 11.6 Å². The summed E-state index contributed by atoms with van der Waals surface area (Å²) in [6.45, 7) is 6.08. The summed E-state index contributed by atoms with van der Waals surface area (Å²) in [5, 5.41) is 2.08. The van der Waals surface area contributed by atoms with E-state index in [1.54, 1.807) is 6.92 Å². The molecule has 3 aromatic carbocycles. The van der Waals surface area contributed by atoms with Crippen LogP contribution in [0.2, 0.25) is 5.02 Å². The maximum atomic E-state index is 13.9. The molecule has 232 valence electrons. The van der Waals surface area contributed by atoms with E-state index in [9.17, 15) is 35.6 Å². The van der Waals surface area contributed by atoms with Gasteiger partial charge in [0.15, 0.2) is 0 Å². The van der Waals surface area contributed by atoms with Crippen molar-refractivity contribution < 1.29 is 35.6 Å². The molecule has 0 radical (unpaired) electrons. The molecule has 0 heterocycles. The van der Waals surface area contributed by atoms with Crippen molar-refractivity contribution in [3.05, 3.63) is 94.3 Å². The first-order valence-corrected chi connectivity index (χ1v) is 15.1. The number of nitrogens with one attached hydrogen (secondary N) is 1. The van der Waals surface area contributed by atoms with Gasteiger partial charge >= 0.3 is 6.18 Å². The summed E-state index contributed by atoms with van der Waals surface area (Å²) in [4.78, 5) is 27.7. The molecular weight excluding hydrogens is 610 g/mol. The molecule has 7 nitrogen and oxygen atoms in total. The fourth-order valence-electron chi connectivity index (χ4n) is 4.07. The monoisotopic (exact) mass is 641 g/mol. The first-order valence-electron chi connectivity index (χ1n) is 13.3. The molecule has 0 fully saturated rings. The normalized spacial score (nSPS) is 12.6. The lowest BCUT2D eigenvalue weighted by molar-refractivity contribution is -0.139. The van der Waals surface area contributed by atoms with Gasteiger partial charge in [0.05, 0.1) is 21.2 Å². The minimum absolute atomic E-state index is 0.0975. The van der Waals surface area contributed by atoms with Gasteiger partial charge < -0.3 is 10.2 Å². The van der Waals surface area contributed by atoms with Crippen LogP contribution in [-0.4, -0.2) is 44.3 Å². The van der Waals surface area contributed by atoms with Crippen LogP contribution < -0.4 is 9.62 Å². The third-order valence-corrected chi connectivity index (χ3v) is 8.67. The van der Waals surface area contributed by atoms with Crippen molar-refractivity contribution in [1.29, 1.82) is 0 Å². The molecule has 0 spiro atoms. The maximum absolute atomic E-state index is 13.9. The molecule has 43 heavy (non-hydrogen) atoms. The number of carbonyl (C=O) groups is 2. The van der Waals surface area contributed by atoms with E-state index in [0.29, 0.717) is 22.5 Å². The number of halogens is 5. The van der Waals surface area contributed by atoms with Crippen molar-refractivity contribution in [3.8, 4) is 0 Å². The van der Waals surface area contributed by atoms with Crippen LogP contribution in [0.25, 0.3) is 0 Å². The van der Waals surface area contributed by atoms with Crippen LogP contribution in [0.3, 0.4) is 0 Å². The van der Waals surface area contributed by atoms with Crippen molar-refractivity contribution in [2.75, 3.05) is 17.4 Å². The number of anilines is 1. The van der Waals surface area contributed by atoms with Crippen molar-refractivity contribution in [2.45, 2.75) is 51.4 Å². The van der Waals surface area contributed by atoms with Gasteiger partial charge in [0.25, 0.3) is 10.0 Å². The molecule has 13 heteroatoms. The van der Waals surface area contributed by atoms with Crippen molar-refractivity contribution in [3.63, 3.8) is 0 Å². The first-order chi connectivity index (χ1) is 20.0. The molecule has 3 rings (SSSR count). The average Bonchev–Trinajstić information content (AvgIpc) is 2.93. The van der Waals surface area contributed by atoms with Crippen LogP contribution in [0.5, 0.6) is 0 Å². The van der Waals surface area contributed by atoms with Gasteiger partial charge in [-0.1, -0.05) is 55.3 Å². The Morgan fingerprint density at radius 3 is 2.12 bits per heavy atom. The molecule has 0 aliphatic carbocycles. The third kappa shape index (κ3) is 8.70. The van der Waals surface area contributed by atoms with E-state index >= 15 is 0 Å². The maximum Gasteiger partial charge on any atom is 0.417 e. The zero-order valence-electron chi connectivity index (χ0n) is 24.0. The Bertz CT molecular complexity index is 1550. The lowest BCUT2D eigenvalue weighted by atomic mass is 10.1. The lowest BCUT2D eigenvalue weighted by Crippen LogP contribution is -2.51. The Balaban J connectivity index is 2.10. The number of hydrogen-bond donors (Lipinski definition) is 1. The third-order valence-electron chi connectivity index (χ3n) is 6.55. The summed E-state index contributed by atoms with van der Waals surface area (Å²) >= 11 is 5.79. The van der Waals surface area contributed by atoms with Gasteiger partial charge in [0, 0.05) is 13.1 Å². The molecular formula is C30H32ClF4N3O4S. The van der Waals surface area contributed by atoms with E-state index in [1.807, 2.05) is 13.8 Å². The fourth-order valence-corrected chi connectivity index (χ4v) is 5.70. The average molecular weight is 642 g/mol. The highest BCUT2D eigenvalue weighted by Gasteiger charge is 2.37. The van der Waals surface area contributed by atoms with Gasteiger partial charge in [-0.05, 0) is 67.8 Å². The standard InChI is InChI=1S/C30H32ClF4N3O4S/c1-19(2)16-36-29(40)21(4)37(17-22-7-9-23(32)10-8-22)28(39)18-38(43(41,42)25-12-5-20(3)6-13-25)24-11-14-27(31)26(15-24)30(33,34)35/h5-15,19,21H,16-18H2,1-4H3,(H,36,40). The Morgan fingerprint density at radius 2 is 1.56 bits per heavy atom. The SMILES string of the molecule is Cc1ccc(S(=O)(=O)N(CC(=O)N(Cc2ccc(F)cc2)C(C)C(=O)NCC(C)C)c2ccc(Cl)c(C(F)(F)F)c2)cc1. The van der Waals surface area contributed by atoms with Crippen LogP contribution in [0.15, 0.2) is 71.6 Å². The van der Waals surface area contributed by atoms with Gasteiger partial charge in [-0.25, -0.2) is 12.8 Å². The van der Waals surface area contributed by atoms with Crippen LogP contribution in [-0.2, 0) is 32.3 Å². The van der Waals surface area contributed by atoms with Crippen LogP contribution in [0.1, 0.15) is 37.5 Å². The summed E-state index contributed by atoms with van der Waals surface area (Å²) in [5.41, 5.74) is -0.562. The fraction of sp³-hybridized carbons (Fsp3) is 0.333. The van der Waals surface area contributed by atoms with Gasteiger partial charge in [-0.3, -0.25) is 13.9 Å². The van der Waals surface area contributed by atoms with Crippen molar-refractivity contribution >= 4 is 39.1 Å². The Kier molecular flexibility index (Phi) is 10.8. The molecule has 1 N–H and O–H groups in total. The van der Waals surface area contributed by atoms with E-state index in [2.05, 4.69) is 5.32 Å². The summed E-state index contributed by atoms with van der Waals surface area (Å²) in [6.07, 6.45) is -4.91. The molecule has 0 saturated carbocycles. The van der Waals surface area contributed by atoms with Crippen LogP contribution in [0, 0.1) is 18.7 Å². The highest BCUT2D eigenvalue weighted by Crippen LogP contribution is 2.38. The largest absolute Gasteiger partial charge is 0.417 e. The molecule has 0 aromatic heterocycles. The van der Waals surface area contributed by atoms with Gasteiger partial charge in [0.1, 0.15) is 18.4 Å². The van der Waals surface area contributed by atoms with E-state index in [-0.39, 0.29) is 17.4 Å². The number of hydrogen-bond acceptors (Lipinski definition) is 4. The number of benzene rings is 3. The summed E-state index contributed by atoms with van der Waals surface area (Å²) in [6, 6.07) is 12.1. The van der Waals surface area contributed by atoms with E-state index < -0.39 is 62.7 Å². The topological polar surface area (TPSA) is 86.8 Å². The second kappa shape index (κ2) is 13.8. The number of aryl methyl sites for hydroxylation is 1. The number of nitrogens with zero attached hydrogens (tertiary/aromatic N) is 2. The zero-order valence-corrected chi connectivity index (χ0v) is 25.5. The number of amides is 2. The molecule has 1 unspecified atom stereocenters. The van der Waals surface area contributed by atoms with Crippen molar-refractivity contribution in [2.24, 2.45) is 5.92 Å². The van der Waals surface area contributed by atoms with Gasteiger partial charge in [-0.2, -0.15) is 13.2 Å². The minimum Gasteiger partial charge on any atom is -0.354 e. The molecule has 0 aliphatic rings. The molecule has 3 aromatic rings. The smallest absolute Gasteiger partial charge is 0.354 e. The number of carbonyl (C=O) groups excluding carboxylic acids is 2. The number of rotatable bonds is 11. The second-order valence-corrected chi connectivity index (χ2v) is 12.7. The minimum atomic E-state index is -4.91. The highest BCUT2D eigenvalue weighted by atomic mass is 35.5. The predicted octanol–water partition coefficient (Wildman–Crippen LogP) is 6.19. The zero-order chi connectivity index (χ0) is 32.1. The summed E-state index contributed by atoms with van der Waals surface area (Å²) in [5.74, 6) is -1.83. The quantitative estimate of drug-likeness (QED) is 0.253. The highest BCUT2D eigenvalue weighted by molar-refractivity contribution is 7.92. The lowest BCUT2D eigenvalue weighted by Gasteiger charge is -2.32. The Morgan fingerprint density at radius 1 is 0.953 bits per heavy atom. The summed E-state index contributed by atoms with van der Waals surface area (Å²) in [7, 11) is -4.60.